The highest BCUT2D eigenvalue weighted by Crippen LogP contribution is 2.27. The molecule has 0 aliphatic heterocycles. The fraction of sp³-hybridized carbons (Fsp3) is 0.556. The third-order valence-corrected chi connectivity index (χ3v) is 3.86. The van der Waals surface area contributed by atoms with Gasteiger partial charge in [0.15, 0.2) is 5.78 Å². The SMILES string of the molecule is CC.CC(=O)c1ccc2nonc2c1.CC1CCC(C#N)CC1. The first kappa shape index (κ1) is 18.8. The van der Waals surface area contributed by atoms with E-state index in [1.165, 1.54) is 19.8 Å². The number of rotatable bonds is 1. The van der Waals surface area contributed by atoms with Crippen LogP contribution in [0.1, 0.15) is 63.7 Å². The highest BCUT2D eigenvalue weighted by atomic mass is 16.6. The van der Waals surface area contributed by atoms with Crippen molar-refractivity contribution in [3.63, 3.8) is 0 Å². The molecule has 0 saturated heterocycles. The number of benzene rings is 1. The van der Waals surface area contributed by atoms with E-state index in [2.05, 4.69) is 27.9 Å². The van der Waals surface area contributed by atoms with E-state index in [4.69, 9.17) is 5.26 Å². The minimum Gasteiger partial charge on any atom is -0.295 e. The molecule has 0 bridgehead atoms. The lowest BCUT2D eigenvalue weighted by molar-refractivity contribution is 0.101. The Balaban J connectivity index is 0.000000215. The van der Waals surface area contributed by atoms with Crippen molar-refractivity contribution in [2.24, 2.45) is 11.8 Å². The highest BCUT2D eigenvalue weighted by Gasteiger charge is 2.16. The smallest absolute Gasteiger partial charge is 0.159 e. The monoisotopic (exact) mass is 315 g/mol. The van der Waals surface area contributed by atoms with Crippen LogP contribution in [-0.4, -0.2) is 16.1 Å². The van der Waals surface area contributed by atoms with Crippen LogP contribution in [0.3, 0.4) is 0 Å². The second-order valence-corrected chi connectivity index (χ2v) is 5.61. The van der Waals surface area contributed by atoms with Gasteiger partial charge in [0.2, 0.25) is 0 Å². The molecule has 0 unspecified atom stereocenters. The molecule has 1 fully saturated rings. The van der Waals surface area contributed by atoms with Crippen LogP contribution in [0.4, 0.5) is 0 Å². The van der Waals surface area contributed by atoms with Crippen LogP contribution in [0.2, 0.25) is 0 Å². The maximum absolute atomic E-state index is 10.9. The summed E-state index contributed by atoms with van der Waals surface area (Å²) in [7, 11) is 0. The molecule has 0 radical (unpaired) electrons. The Kier molecular flexibility index (Phi) is 7.96. The first-order valence-corrected chi connectivity index (χ1v) is 8.23. The molecular weight excluding hydrogens is 290 g/mol. The molecule has 0 N–H and O–H groups in total. The molecule has 5 heteroatoms. The second kappa shape index (κ2) is 9.73. The fourth-order valence-electron chi connectivity index (χ4n) is 2.39. The van der Waals surface area contributed by atoms with E-state index < -0.39 is 0 Å². The average molecular weight is 315 g/mol. The van der Waals surface area contributed by atoms with E-state index in [1.807, 2.05) is 13.8 Å². The number of ketones is 1. The zero-order valence-electron chi connectivity index (χ0n) is 14.4. The molecule has 1 aliphatic carbocycles. The number of carbonyl (C=O) groups is 1. The van der Waals surface area contributed by atoms with Crippen molar-refractivity contribution in [3.8, 4) is 6.07 Å². The van der Waals surface area contributed by atoms with Gasteiger partial charge in [-0.15, -0.1) is 0 Å². The van der Waals surface area contributed by atoms with Crippen LogP contribution in [0, 0.1) is 23.2 Å². The number of carbonyl (C=O) groups excluding carboxylic acids is 1. The van der Waals surface area contributed by atoms with E-state index >= 15 is 0 Å². The van der Waals surface area contributed by atoms with Crippen molar-refractivity contribution in [1.82, 2.24) is 10.3 Å². The van der Waals surface area contributed by atoms with Gasteiger partial charge in [-0.2, -0.15) is 5.26 Å². The molecule has 1 aromatic heterocycles. The van der Waals surface area contributed by atoms with Crippen LogP contribution in [-0.2, 0) is 0 Å². The minimum atomic E-state index is 0.0138. The molecular formula is C18H25N3O2. The van der Waals surface area contributed by atoms with Crippen molar-refractivity contribution < 1.29 is 9.42 Å². The summed E-state index contributed by atoms with van der Waals surface area (Å²) < 4.78 is 4.49. The number of Topliss-reactive ketones (excluding diaryl/α,β-unsaturated/α-hetero) is 1. The Morgan fingerprint density at radius 1 is 1.17 bits per heavy atom. The molecule has 5 nitrogen and oxygen atoms in total. The zero-order valence-corrected chi connectivity index (χ0v) is 14.4. The standard InChI is InChI=1S/C8H6N2O2.C8H13N.C2H6/c1-5(11)6-2-3-7-8(4-6)10-12-9-7;1-7-2-4-8(6-9)5-3-7;1-2/h2-4H,1H3;7-8H,2-5H2,1H3;1-2H3. The van der Waals surface area contributed by atoms with Gasteiger partial charge in [0.25, 0.3) is 0 Å². The molecule has 0 spiro atoms. The van der Waals surface area contributed by atoms with E-state index in [-0.39, 0.29) is 5.78 Å². The summed E-state index contributed by atoms with van der Waals surface area (Å²) >= 11 is 0. The molecule has 1 aliphatic rings. The summed E-state index contributed by atoms with van der Waals surface area (Å²) in [5, 5.41) is 15.8. The predicted octanol–water partition coefficient (Wildman–Crippen LogP) is 4.79. The largest absolute Gasteiger partial charge is 0.295 e. The summed E-state index contributed by atoms with van der Waals surface area (Å²) in [6.07, 6.45) is 4.80. The van der Waals surface area contributed by atoms with Crippen LogP contribution >= 0.6 is 0 Å². The quantitative estimate of drug-likeness (QED) is 0.707. The highest BCUT2D eigenvalue weighted by molar-refractivity contribution is 5.96. The van der Waals surface area contributed by atoms with Crippen LogP contribution in [0.5, 0.6) is 0 Å². The van der Waals surface area contributed by atoms with Gasteiger partial charge in [-0.1, -0.05) is 20.8 Å². The lowest BCUT2D eigenvalue weighted by Crippen LogP contribution is -2.09. The summed E-state index contributed by atoms with van der Waals surface area (Å²) in [6, 6.07) is 7.40. The van der Waals surface area contributed by atoms with E-state index in [0.717, 1.165) is 18.8 Å². The number of nitriles is 1. The lowest BCUT2D eigenvalue weighted by Gasteiger charge is -2.20. The number of nitrogens with zero attached hydrogens (tertiary/aromatic N) is 3. The van der Waals surface area contributed by atoms with E-state index in [0.29, 0.717) is 22.5 Å². The number of aromatic nitrogens is 2. The molecule has 0 amide bonds. The molecule has 23 heavy (non-hydrogen) atoms. The van der Waals surface area contributed by atoms with Crippen molar-refractivity contribution >= 4 is 16.8 Å². The molecule has 3 rings (SSSR count). The first-order valence-electron chi connectivity index (χ1n) is 8.23. The minimum absolute atomic E-state index is 0.0138. The maximum atomic E-state index is 10.9. The van der Waals surface area contributed by atoms with E-state index in [1.54, 1.807) is 18.2 Å². The van der Waals surface area contributed by atoms with Crippen LogP contribution in [0.25, 0.3) is 11.0 Å². The van der Waals surface area contributed by atoms with Crippen molar-refractivity contribution in [2.45, 2.75) is 53.4 Å². The van der Waals surface area contributed by atoms with Crippen LogP contribution < -0.4 is 0 Å². The topological polar surface area (TPSA) is 79.8 Å². The van der Waals surface area contributed by atoms with Crippen molar-refractivity contribution in [1.29, 1.82) is 5.26 Å². The van der Waals surface area contributed by atoms with Gasteiger partial charge in [-0.25, -0.2) is 4.63 Å². The average Bonchev–Trinajstić information content (AvgIpc) is 3.05. The molecule has 2 aromatic rings. The van der Waals surface area contributed by atoms with Gasteiger partial charge in [0, 0.05) is 11.5 Å². The Hall–Kier alpha value is -2.22. The third kappa shape index (κ3) is 5.82. The van der Waals surface area contributed by atoms with Crippen LogP contribution in [0.15, 0.2) is 22.8 Å². The maximum Gasteiger partial charge on any atom is 0.159 e. The molecule has 0 atom stereocenters. The zero-order chi connectivity index (χ0) is 17.2. The Bertz CT molecular complexity index is 650. The summed E-state index contributed by atoms with van der Waals surface area (Å²) in [4.78, 5) is 10.9. The van der Waals surface area contributed by atoms with Gasteiger partial charge in [0.05, 0.1) is 6.07 Å². The number of hydrogen-bond acceptors (Lipinski definition) is 5. The molecule has 1 heterocycles. The van der Waals surface area contributed by atoms with Crippen molar-refractivity contribution in [2.75, 3.05) is 0 Å². The lowest BCUT2D eigenvalue weighted by atomic mass is 9.84. The Morgan fingerprint density at radius 2 is 1.78 bits per heavy atom. The summed E-state index contributed by atoms with van der Waals surface area (Å²) in [6.45, 7) is 7.78. The van der Waals surface area contributed by atoms with Gasteiger partial charge in [-0.3, -0.25) is 4.79 Å². The number of fused-ring (bicyclic) bond motifs is 1. The Morgan fingerprint density at radius 3 is 2.35 bits per heavy atom. The van der Waals surface area contributed by atoms with Gasteiger partial charge < -0.3 is 0 Å². The van der Waals surface area contributed by atoms with E-state index in [9.17, 15) is 4.79 Å². The number of hydrogen-bond donors (Lipinski definition) is 0. The van der Waals surface area contributed by atoms with Gasteiger partial charge in [0.1, 0.15) is 11.0 Å². The predicted molar refractivity (Wildman–Crippen MR) is 89.9 cm³/mol. The first-order chi connectivity index (χ1) is 11.1. The molecule has 1 aromatic carbocycles. The normalized spacial score (nSPS) is 19.6. The van der Waals surface area contributed by atoms with Gasteiger partial charge >= 0.3 is 0 Å². The van der Waals surface area contributed by atoms with Gasteiger partial charge in [-0.05, 0) is 67.0 Å². The fourth-order valence-corrected chi connectivity index (χ4v) is 2.39. The molecule has 124 valence electrons. The second-order valence-electron chi connectivity index (χ2n) is 5.61. The molecule has 1 saturated carbocycles. The summed E-state index contributed by atoms with van der Waals surface area (Å²) in [5.74, 6) is 1.26. The Labute approximate surface area is 137 Å². The summed E-state index contributed by atoms with van der Waals surface area (Å²) in [5.41, 5.74) is 1.90. The third-order valence-electron chi connectivity index (χ3n) is 3.86. The van der Waals surface area contributed by atoms with Crippen molar-refractivity contribution in [3.05, 3.63) is 23.8 Å².